The number of nitrogens with one attached hydrogen (secondary N) is 2. The standard InChI is InChI=1S/C53H92N4O15/c1-17-19-20-25-54-49(60)71-45-35(7)57(14)30-31(3)27-51(9,62)44(70-48-42(58)39(56(12)13)26-32(4)66-48)33(5)43(34(6)47(59)68-40(18-2)53(45,11)63)69-41-28-52(10,65-16)46(36(8)67-41)72-50(61)55-29-37-21-23-38(64-15)24-22-37/h21-24,31-36,39-46,48,58,62-63H,17-20,25-30H2,1-16H3,(H,54,60)(H,55,61)/t31-,32-,33+,34-,35-,36+,39+,40-,41+,42-,43+,44-,45-,46+,48+,51+,52-,53-/m1/s1. The molecular formula is C53H92N4O15. The number of carbonyl (C=O) groups is 3. The van der Waals surface area contributed by atoms with Gasteiger partial charge >= 0.3 is 18.2 Å². The molecule has 3 fully saturated rings. The average Bonchev–Trinajstić information content (AvgIpc) is 3.32. The Kier molecular flexibility index (Phi) is 22.9. The second-order valence-electron chi connectivity index (χ2n) is 21.8. The maximum Gasteiger partial charge on any atom is 0.407 e. The number of aliphatic hydroxyl groups is 3. The van der Waals surface area contributed by atoms with Crippen LogP contribution in [0.1, 0.15) is 127 Å². The third kappa shape index (κ3) is 15.8. The molecule has 72 heavy (non-hydrogen) atoms. The number of hydrogen-bond donors (Lipinski definition) is 5. The lowest BCUT2D eigenvalue weighted by atomic mass is 9.77. The summed E-state index contributed by atoms with van der Waals surface area (Å²) in [6.45, 7) is 20.7. The van der Waals surface area contributed by atoms with Gasteiger partial charge in [0.15, 0.2) is 24.8 Å². The highest BCUT2D eigenvalue weighted by Gasteiger charge is 2.54. The first-order chi connectivity index (χ1) is 33.7. The van der Waals surface area contributed by atoms with Crippen LogP contribution in [0.5, 0.6) is 5.75 Å². The molecule has 3 aliphatic heterocycles. The van der Waals surface area contributed by atoms with Crippen LogP contribution in [0, 0.1) is 17.8 Å². The van der Waals surface area contributed by atoms with Crippen LogP contribution in [0.4, 0.5) is 9.59 Å². The minimum atomic E-state index is -1.90. The van der Waals surface area contributed by atoms with E-state index in [1.165, 1.54) is 14.0 Å². The molecule has 0 saturated carbocycles. The molecule has 5 N–H and O–H groups in total. The number of methoxy groups -OCH3 is 2. The number of alkyl carbamates (subject to hydrolysis) is 2. The van der Waals surface area contributed by atoms with Gasteiger partial charge in [-0.25, -0.2) is 9.59 Å². The summed E-state index contributed by atoms with van der Waals surface area (Å²) in [6.07, 6.45) is -7.80. The van der Waals surface area contributed by atoms with Crippen LogP contribution in [0.15, 0.2) is 24.3 Å². The van der Waals surface area contributed by atoms with Gasteiger partial charge in [-0.15, -0.1) is 0 Å². The van der Waals surface area contributed by atoms with Crippen molar-refractivity contribution in [2.24, 2.45) is 17.8 Å². The Balaban J connectivity index is 1.76. The average molecular weight is 1030 g/mol. The fourth-order valence-corrected chi connectivity index (χ4v) is 10.9. The summed E-state index contributed by atoms with van der Waals surface area (Å²) in [4.78, 5) is 45.5. The molecule has 3 heterocycles. The van der Waals surface area contributed by atoms with Gasteiger partial charge in [-0.05, 0) is 119 Å². The Labute approximate surface area is 429 Å². The Morgan fingerprint density at radius 1 is 0.875 bits per heavy atom. The van der Waals surface area contributed by atoms with Crippen LogP contribution in [-0.4, -0.2) is 182 Å². The molecule has 19 heteroatoms. The van der Waals surface area contributed by atoms with Crippen LogP contribution in [-0.2, 0) is 49.2 Å². The van der Waals surface area contributed by atoms with E-state index in [-0.39, 0.29) is 43.9 Å². The summed E-state index contributed by atoms with van der Waals surface area (Å²) in [5.41, 5.74) is -3.88. The number of amides is 2. The summed E-state index contributed by atoms with van der Waals surface area (Å²) in [5.74, 6) is -2.25. The zero-order chi connectivity index (χ0) is 53.9. The third-order valence-electron chi connectivity index (χ3n) is 15.2. The number of carbonyl (C=O) groups excluding carboxylic acids is 3. The molecule has 1 aromatic rings. The highest BCUT2D eigenvalue weighted by Crippen LogP contribution is 2.41. The monoisotopic (exact) mass is 1020 g/mol. The Morgan fingerprint density at radius 3 is 2.11 bits per heavy atom. The number of unbranched alkanes of at least 4 members (excludes halogenated alkanes) is 2. The SMILES string of the molecule is CCCCCNC(=O)O[C@@H]1[C@@H](C)N(C)C[C@H](C)C[C@](C)(O)[C@H](O[C@@H]2O[C@H](C)C[C@H](N(C)C)[C@H]2O)[C@@H](C)[C@H](O[C@H]2C[C@@](C)(OC)[C@@H](OC(=O)NCc3ccc(OC)cc3)[C@H](C)O2)[C@@H](C)C(=O)O[C@H](CC)[C@@]1(C)O. The second kappa shape index (κ2) is 26.9. The van der Waals surface area contributed by atoms with E-state index in [1.54, 1.807) is 53.9 Å². The summed E-state index contributed by atoms with van der Waals surface area (Å²) in [6, 6.07) is 6.34. The van der Waals surface area contributed by atoms with Gasteiger partial charge in [0.1, 0.15) is 29.2 Å². The van der Waals surface area contributed by atoms with Gasteiger partial charge in [-0.2, -0.15) is 0 Å². The molecule has 0 aromatic heterocycles. The number of likely N-dealkylation sites (N-methyl/N-ethyl adjacent to an activating group) is 2. The van der Waals surface area contributed by atoms with E-state index in [4.69, 9.17) is 42.6 Å². The maximum absolute atomic E-state index is 14.9. The number of rotatable bonds is 16. The van der Waals surface area contributed by atoms with Crippen molar-refractivity contribution in [1.82, 2.24) is 20.4 Å². The zero-order valence-electron chi connectivity index (χ0n) is 46.2. The number of aliphatic hydroxyl groups excluding tert-OH is 1. The molecule has 0 spiro atoms. The first-order valence-corrected chi connectivity index (χ1v) is 26.1. The number of cyclic esters (lactones) is 1. The number of esters is 1. The highest BCUT2D eigenvalue weighted by molar-refractivity contribution is 5.73. The molecule has 19 nitrogen and oxygen atoms in total. The van der Waals surface area contributed by atoms with Crippen LogP contribution in [0.25, 0.3) is 0 Å². The van der Waals surface area contributed by atoms with Crippen molar-refractivity contribution in [1.29, 1.82) is 0 Å². The van der Waals surface area contributed by atoms with Crippen molar-refractivity contribution in [2.75, 3.05) is 48.5 Å². The molecule has 0 unspecified atom stereocenters. The molecule has 1 aromatic carbocycles. The van der Waals surface area contributed by atoms with Crippen molar-refractivity contribution in [2.45, 2.75) is 218 Å². The minimum absolute atomic E-state index is 0.0384. The lowest BCUT2D eigenvalue weighted by molar-refractivity contribution is -0.317. The Morgan fingerprint density at radius 2 is 1.51 bits per heavy atom. The van der Waals surface area contributed by atoms with Crippen molar-refractivity contribution < 1.29 is 72.3 Å². The predicted molar refractivity (Wildman–Crippen MR) is 270 cm³/mol. The van der Waals surface area contributed by atoms with E-state index in [0.29, 0.717) is 25.3 Å². The minimum Gasteiger partial charge on any atom is -0.497 e. The van der Waals surface area contributed by atoms with Crippen molar-refractivity contribution >= 4 is 18.2 Å². The van der Waals surface area contributed by atoms with Gasteiger partial charge < -0.3 is 73.5 Å². The quantitative estimate of drug-likeness (QED) is 0.0753. The highest BCUT2D eigenvalue weighted by atomic mass is 16.7. The summed E-state index contributed by atoms with van der Waals surface area (Å²) >= 11 is 0. The van der Waals surface area contributed by atoms with Gasteiger partial charge in [0.25, 0.3) is 0 Å². The van der Waals surface area contributed by atoms with E-state index >= 15 is 0 Å². The predicted octanol–water partition coefficient (Wildman–Crippen LogP) is 5.77. The smallest absolute Gasteiger partial charge is 0.407 e. The molecule has 18 atom stereocenters. The normalized spacial score (nSPS) is 38.7. The van der Waals surface area contributed by atoms with Gasteiger partial charge in [-0.1, -0.05) is 52.7 Å². The fraction of sp³-hybridized carbons (Fsp3) is 0.830. The molecule has 0 aliphatic carbocycles. The van der Waals surface area contributed by atoms with E-state index in [9.17, 15) is 29.7 Å². The summed E-state index contributed by atoms with van der Waals surface area (Å²) in [5, 5.41) is 42.9. The Bertz CT molecular complexity index is 1840. The van der Waals surface area contributed by atoms with Gasteiger partial charge in [0.05, 0.1) is 43.0 Å². The van der Waals surface area contributed by atoms with E-state index < -0.39 is 108 Å². The summed E-state index contributed by atoms with van der Waals surface area (Å²) < 4.78 is 56.4. The topological polar surface area (TPSA) is 226 Å². The maximum atomic E-state index is 14.9. The summed E-state index contributed by atoms with van der Waals surface area (Å²) in [7, 11) is 8.70. The van der Waals surface area contributed by atoms with Crippen LogP contribution in [0.3, 0.4) is 0 Å². The number of benzene rings is 1. The number of ether oxygens (including phenoxy) is 9. The number of hydrogen-bond acceptors (Lipinski definition) is 17. The molecule has 0 radical (unpaired) electrons. The van der Waals surface area contributed by atoms with E-state index in [0.717, 1.165) is 24.8 Å². The second-order valence-corrected chi connectivity index (χ2v) is 21.8. The third-order valence-corrected chi connectivity index (χ3v) is 15.2. The molecule has 2 amide bonds. The lowest BCUT2D eigenvalue weighted by Crippen LogP contribution is -2.61. The van der Waals surface area contributed by atoms with Gasteiger partial charge in [0, 0.05) is 51.2 Å². The lowest BCUT2D eigenvalue weighted by Gasteiger charge is -2.49. The molecule has 3 aliphatic rings. The molecular weight excluding hydrogens is 933 g/mol. The van der Waals surface area contributed by atoms with Crippen LogP contribution < -0.4 is 15.4 Å². The van der Waals surface area contributed by atoms with Crippen LogP contribution >= 0.6 is 0 Å². The first-order valence-electron chi connectivity index (χ1n) is 26.1. The van der Waals surface area contributed by atoms with Crippen molar-refractivity contribution in [3.63, 3.8) is 0 Å². The molecule has 4 rings (SSSR count). The van der Waals surface area contributed by atoms with Gasteiger partial charge in [0.2, 0.25) is 0 Å². The zero-order valence-corrected chi connectivity index (χ0v) is 46.2. The largest absolute Gasteiger partial charge is 0.497 e. The van der Waals surface area contributed by atoms with E-state index in [2.05, 4.69) is 17.6 Å². The van der Waals surface area contributed by atoms with Crippen molar-refractivity contribution in [3.8, 4) is 5.75 Å². The van der Waals surface area contributed by atoms with E-state index in [1.807, 2.05) is 70.8 Å². The molecule has 414 valence electrons. The molecule has 3 saturated heterocycles. The fourth-order valence-electron chi connectivity index (χ4n) is 10.9. The van der Waals surface area contributed by atoms with Crippen LogP contribution in [0.2, 0.25) is 0 Å². The van der Waals surface area contributed by atoms with Crippen molar-refractivity contribution in [3.05, 3.63) is 29.8 Å². The Hall–Kier alpha value is -3.37. The molecule has 0 bridgehead atoms. The number of nitrogens with zero attached hydrogens (tertiary/aromatic N) is 2. The van der Waals surface area contributed by atoms with Gasteiger partial charge in [-0.3, -0.25) is 9.69 Å². The first kappa shape index (κ1) is 61.2.